The lowest BCUT2D eigenvalue weighted by molar-refractivity contribution is 0.0793. The van der Waals surface area contributed by atoms with E-state index in [2.05, 4.69) is 12.1 Å². The van der Waals surface area contributed by atoms with Crippen LogP contribution < -0.4 is 0 Å². The van der Waals surface area contributed by atoms with Crippen molar-refractivity contribution in [1.29, 1.82) is 0 Å². The van der Waals surface area contributed by atoms with E-state index >= 15 is 0 Å². The first-order chi connectivity index (χ1) is 14.7. The molecular formula is C27H26O2S. The summed E-state index contributed by atoms with van der Waals surface area (Å²) in [7, 11) is 0. The van der Waals surface area contributed by atoms with Crippen molar-refractivity contribution in [1.82, 2.24) is 0 Å². The minimum Gasteiger partial charge on any atom is -0.294 e. The van der Waals surface area contributed by atoms with Gasteiger partial charge in [-0.3, -0.25) is 9.59 Å². The summed E-state index contributed by atoms with van der Waals surface area (Å²) in [5.74, 6) is 0.228. The second kappa shape index (κ2) is 9.90. The van der Waals surface area contributed by atoms with Gasteiger partial charge in [0.2, 0.25) is 0 Å². The Balaban J connectivity index is 1.61. The van der Waals surface area contributed by atoms with Gasteiger partial charge in [-0.25, -0.2) is 0 Å². The summed E-state index contributed by atoms with van der Waals surface area (Å²) in [4.78, 5) is 27.8. The van der Waals surface area contributed by atoms with E-state index in [0.717, 1.165) is 30.4 Å². The van der Waals surface area contributed by atoms with E-state index < -0.39 is 0 Å². The number of benzene rings is 3. The molecule has 0 saturated heterocycles. The summed E-state index contributed by atoms with van der Waals surface area (Å²) in [5.41, 5.74) is 1.49. The fourth-order valence-electron chi connectivity index (χ4n) is 4.44. The lowest BCUT2D eigenvalue weighted by Gasteiger charge is -2.37. The highest BCUT2D eigenvalue weighted by atomic mass is 32.2. The van der Waals surface area contributed by atoms with Crippen LogP contribution >= 0.6 is 11.8 Å². The largest absolute Gasteiger partial charge is 0.294 e. The molecule has 1 aliphatic carbocycles. The van der Waals surface area contributed by atoms with Crippen LogP contribution in [0.25, 0.3) is 0 Å². The third kappa shape index (κ3) is 4.91. The van der Waals surface area contributed by atoms with Gasteiger partial charge < -0.3 is 0 Å². The Morgan fingerprint density at radius 2 is 1.30 bits per heavy atom. The SMILES string of the molecule is O=C(C[C@H]1CCC[C@@H](Sc2ccccc2)[C@@H]1C(=O)c1ccccc1)c1ccccc1. The molecule has 0 N–H and O–H groups in total. The summed E-state index contributed by atoms with van der Waals surface area (Å²) >= 11 is 1.79. The molecule has 3 aromatic carbocycles. The molecule has 0 unspecified atom stereocenters. The van der Waals surface area contributed by atoms with Gasteiger partial charge in [-0.15, -0.1) is 11.8 Å². The Morgan fingerprint density at radius 3 is 1.93 bits per heavy atom. The first kappa shape index (κ1) is 20.6. The van der Waals surface area contributed by atoms with Gasteiger partial charge in [0.25, 0.3) is 0 Å². The summed E-state index contributed by atoms with van der Waals surface area (Å²) in [6.07, 6.45) is 3.40. The standard InChI is InChI=1S/C27H26O2S/c28-24(20-11-4-1-5-12-20)19-22-15-10-18-25(30-23-16-8-3-9-17-23)26(22)27(29)21-13-6-2-7-14-21/h1-9,11-14,16-17,22,25-26H,10,15,18-19H2/t22-,25-,26-/m1/s1. The van der Waals surface area contributed by atoms with Crippen molar-refractivity contribution in [3.8, 4) is 0 Å². The van der Waals surface area contributed by atoms with Gasteiger partial charge in [0.1, 0.15) is 0 Å². The Bertz CT molecular complexity index is 970. The minimum absolute atomic E-state index is 0.0698. The Morgan fingerprint density at radius 1 is 0.733 bits per heavy atom. The van der Waals surface area contributed by atoms with Crippen molar-refractivity contribution in [2.24, 2.45) is 11.8 Å². The number of ketones is 2. The van der Waals surface area contributed by atoms with Crippen molar-refractivity contribution in [2.45, 2.75) is 35.8 Å². The summed E-state index contributed by atoms with van der Waals surface area (Å²) in [6.45, 7) is 0. The van der Waals surface area contributed by atoms with Crippen molar-refractivity contribution < 1.29 is 9.59 Å². The van der Waals surface area contributed by atoms with Crippen LogP contribution in [0.3, 0.4) is 0 Å². The molecule has 0 aromatic heterocycles. The number of rotatable bonds is 7. The molecule has 0 bridgehead atoms. The zero-order valence-electron chi connectivity index (χ0n) is 16.9. The van der Waals surface area contributed by atoms with Crippen LogP contribution in [-0.4, -0.2) is 16.8 Å². The second-order valence-electron chi connectivity index (χ2n) is 7.91. The van der Waals surface area contributed by atoms with Crippen LogP contribution in [-0.2, 0) is 0 Å². The predicted molar refractivity (Wildman–Crippen MR) is 123 cm³/mol. The van der Waals surface area contributed by atoms with Gasteiger partial charge in [-0.1, -0.05) is 85.3 Å². The van der Waals surface area contributed by atoms with Gasteiger partial charge in [0.05, 0.1) is 0 Å². The highest BCUT2D eigenvalue weighted by Gasteiger charge is 2.40. The quantitative estimate of drug-likeness (QED) is 0.402. The van der Waals surface area contributed by atoms with E-state index in [4.69, 9.17) is 0 Å². The third-order valence-corrected chi connectivity index (χ3v) is 7.28. The van der Waals surface area contributed by atoms with Crippen LogP contribution in [0, 0.1) is 11.8 Å². The number of hydrogen-bond acceptors (Lipinski definition) is 3. The number of hydrogen-bond donors (Lipinski definition) is 0. The van der Waals surface area contributed by atoms with Crippen LogP contribution in [0.4, 0.5) is 0 Å². The number of Topliss-reactive ketones (excluding diaryl/α,β-unsaturated/α-hetero) is 2. The molecule has 4 rings (SSSR count). The topological polar surface area (TPSA) is 34.1 Å². The molecule has 3 aromatic rings. The summed E-state index contributed by atoms with van der Waals surface area (Å²) < 4.78 is 0. The number of thioether (sulfide) groups is 1. The molecule has 0 spiro atoms. The van der Waals surface area contributed by atoms with Crippen molar-refractivity contribution in [3.63, 3.8) is 0 Å². The summed E-state index contributed by atoms with van der Waals surface area (Å²) in [5, 5.41) is 0.183. The molecule has 0 heterocycles. The minimum atomic E-state index is -0.154. The maximum absolute atomic E-state index is 13.6. The van der Waals surface area contributed by atoms with Gasteiger partial charge in [0.15, 0.2) is 11.6 Å². The predicted octanol–water partition coefficient (Wildman–Crippen LogP) is 6.72. The fourth-order valence-corrected chi connectivity index (χ4v) is 5.88. The van der Waals surface area contributed by atoms with Crippen molar-refractivity contribution >= 4 is 23.3 Å². The highest BCUT2D eigenvalue weighted by molar-refractivity contribution is 8.00. The van der Waals surface area contributed by atoms with Crippen LogP contribution in [0.1, 0.15) is 46.4 Å². The highest BCUT2D eigenvalue weighted by Crippen LogP contribution is 2.43. The molecule has 0 amide bonds. The van der Waals surface area contributed by atoms with E-state index in [1.807, 2.05) is 78.9 Å². The first-order valence-electron chi connectivity index (χ1n) is 10.6. The van der Waals surface area contributed by atoms with Crippen LogP contribution in [0.2, 0.25) is 0 Å². The lowest BCUT2D eigenvalue weighted by Crippen LogP contribution is -2.37. The van der Waals surface area contributed by atoms with Crippen molar-refractivity contribution in [2.75, 3.05) is 0 Å². The Labute approximate surface area is 182 Å². The van der Waals surface area contributed by atoms with Gasteiger partial charge in [-0.05, 0) is 30.9 Å². The zero-order valence-corrected chi connectivity index (χ0v) is 17.8. The van der Waals surface area contributed by atoms with Gasteiger partial charge >= 0.3 is 0 Å². The molecule has 3 heteroatoms. The van der Waals surface area contributed by atoms with E-state index in [0.29, 0.717) is 6.42 Å². The van der Waals surface area contributed by atoms with Crippen LogP contribution in [0.15, 0.2) is 95.9 Å². The zero-order chi connectivity index (χ0) is 20.8. The number of carbonyl (C=O) groups excluding carboxylic acids is 2. The first-order valence-corrected chi connectivity index (χ1v) is 11.5. The molecule has 3 atom stereocenters. The number of carbonyl (C=O) groups is 2. The van der Waals surface area contributed by atoms with Crippen LogP contribution in [0.5, 0.6) is 0 Å². The molecule has 30 heavy (non-hydrogen) atoms. The smallest absolute Gasteiger partial charge is 0.167 e. The average molecular weight is 415 g/mol. The van der Waals surface area contributed by atoms with E-state index in [9.17, 15) is 9.59 Å². The normalized spacial score (nSPS) is 21.1. The average Bonchev–Trinajstić information content (AvgIpc) is 2.81. The Hall–Kier alpha value is -2.65. The maximum Gasteiger partial charge on any atom is 0.167 e. The molecule has 1 fully saturated rings. The third-order valence-electron chi connectivity index (χ3n) is 5.91. The monoisotopic (exact) mass is 414 g/mol. The fraction of sp³-hybridized carbons (Fsp3) is 0.259. The molecule has 0 radical (unpaired) electrons. The maximum atomic E-state index is 13.6. The second-order valence-corrected chi connectivity index (χ2v) is 9.22. The molecular weight excluding hydrogens is 388 g/mol. The molecule has 1 saturated carbocycles. The molecule has 152 valence electrons. The molecule has 0 aliphatic heterocycles. The van der Waals surface area contributed by atoms with E-state index in [-0.39, 0.29) is 28.7 Å². The van der Waals surface area contributed by atoms with E-state index in [1.54, 1.807) is 11.8 Å². The Kier molecular flexibility index (Phi) is 6.81. The van der Waals surface area contributed by atoms with E-state index in [1.165, 1.54) is 4.90 Å². The molecule has 1 aliphatic rings. The summed E-state index contributed by atoms with van der Waals surface area (Å²) in [6, 6.07) is 29.3. The lowest BCUT2D eigenvalue weighted by atomic mass is 9.72. The van der Waals surface area contributed by atoms with Gasteiger partial charge in [0, 0.05) is 33.6 Å². The van der Waals surface area contributed by atoms with Crippen molar-refractivity contribution in [3.05, 3.63) is 102 Å². The van der Waals surface area contributed by atoms with Gasteiger partial charge in [-0.2, -0.15) is 0 Å². The molecule has 2 nitrogen and oxygen atoms in total.